The average Bonchev–Trinajstić information content (AvgIpc) is 3.13. The predicted molar refractivity (Wildman–Crippen MR) is 85.4 cm³/mol. The van der Waals surface area contributed by atoms with Crippen molar-refractivity contribution in [2.75, 3.05) is 5.32 Å². The van der Waals surface area contributed by atoms with Crippen molar-refractivity contribution in [3.05, 3.63) is 52.8 Å². The van der Waals surface area contributed by atoms with Gasteiger partial charge in [0.2, 0.25) is 5.13 Å². The highest BCUT2D eigenvalue weighted by atomic mass is 32.1. The van der Waals surface area contributed by atoms with E-state index in [2.05, 4.69) is 25.8 Å². The highest BCUT2D eigenvalue weighted by Gasteiger charge is 2.28. The number of benzene rings is 1. The normalized spacial score (nSPS) is 13.9. The summed E-state index contributed by atoms with van der Waals surface area (Å²) in [6.07, 6.45) is 3.96. The first-order valence-electron chi connectivity index (χ1n) is 7.37. The summed E-state index contributed by atoms with van der Waals surface area (Å²) in [7, 11) is 0. The van der Waals surface area contributed by atoms with E-state index >= 15 is 0 Å². The van der Waals surface area contributed by atoms with Crippen LogP contribution < -0.4 is 5.32 Å². The number of nitrogens with one attached hydrogen (secondary N) is 1. The zero-order valence-corrected chi connectivity index (χ0v) is 13.0. The summed E-state index contributed by atoms with van der Waals surface area (Å²) >= 11 is 1.43. The van der Waals surface area contributed by atoms with Crippen molar-refractivity contribution in [3.63, 3.8) is 0 Å². The van der Waals surface area contributed by atoms with Gasteiger partial charge in [0, 0.05) is 5.92 Å². The molecule has 1 aromatic carbocycles. The fraction of sp³-hybridized carbons (Fsp3) is 0.267. The lowest BCUT2D eigenvalue weighted by atomic mass is 10.2. The number of carbonyl (C=O) groups is 1. The van der Waals surface area contributed by atoms with Crippen molar-refractivity contribution < 1.29 is 4.79 Å². The molecule has 7 nitrogen and oxygen atoms in total. The Bertz CT molecular complexity index is 823. The molecule has 8 heteroatoms. The minimum Gasteiger partial charge on any atom is -0.295 e. The van der Waals surface area contributed by atoms with Crippen LogP contribution in [0.5, 0.6) is 0 Å². The second-order valence-electron chi connectivity index (χ2n) is 5.46. The van der Waals surface area contributed by atoms with E-state index < -0.39 is 0 Å². The largest absolute Gasteiger partial charge is 0.295 e. The van der Waals surface area contributed by atoms with Crippen LogP contribution in [0.25, 0.3) is 0 Å². The Labute approximate surface area is 136 Å². The number of hydrogen-bond acceptors (Lipinski definition) is 6. The number of anilines is 1. The van der Waals surface area contributed by atoms with Crippen LogP contribution >= 0.6 is 11.3 Å². The molecule has 23 heavy (non-hydrogen) atoms. The molecular weight excluding hydrogens is 312 g/mol. The van der Waals surface area contributed by atoms with Crippen molar-refractivity contribution >= 4 is 22.4 Å². The molecule has 0 saturated heterocycles. The number of rotatable bonds is 5. The van der Waals surface area contributed by atoms with Crippen LogP contribution in [-0.4, -0.2) is 31.1 Å². The molecule has 0 aliphatic heterocycles. The summed E-state index contributed by atoms with van der Waals surface area (Å²) in [5.74, 6) is 0.215. The van der Waals surface area contributed by atoms with Gasteiger partial charge in [-0.1, -0.05) is 46.9 Å². The highest BCUT2D eigenvalue weighted by Crippen LogP contribution is 2.42. The summed E-state index contributed by atoms with van der Waals surface area (Å²) in [5.41, 5.74) is 1.37. The van der Waals surface area contributed by atoms with Crippen LogP contribution in [0.1, 0.15) is 39.8 Å². The van der Waals surface area contributed by atoms with Gasteiger partial charge in [-0.25, -0.2) is 4.68 Å². The molecule has 1 saturated carbocycles. The maximum absolute atomic E-state index is 12.2. The van der Waals surface area contributed by atoms with E-state index in [9.17, 15) is 4.79 Å². The first kappa shape index (κ1) is 14.0. The van der Waals surface area contributed by atoms with Gasteiger partial charge in [0.1, 0.15) is 5.01 Å². The quantitative estimate of drug-likeness (QED) is 0.777. The average molecular weight is 326 g/mol. The second kappa shape index (κ2) is 5.88. The Balaban J connectivity index is 1.42. The van der Waals surface area contributed by atoms with Crippen molar-refractivity contribution in [2.24, 2.45) is 0 Å². The van der Waals surface area contributed by atoms with Gasteiger partial charge >= 0.3 is 0 Å². The van der Waals surface area contributed by atoms with Gasteiger partial charge < -0.3 is 0 Å². The third-order valence-corrected chi connectivity index (χ3v) is 4.55. The second-order valence-corrected chi connectivity index (χ2v) is 6.47. The SMILES string of the molecule is O=C(Nc1nnc(C2CC2)s1)c1cn(Cc2ccccc2)nn1. The molecule has 0 unspecified atom stereocenters. The Kier molecular flexibility index (Phi) is 3.58. The molecule has 1 aliphatic carbocycles. The molecule has 0 radical (unpaired) electrons. The van der Waals surface area contributed by atoms with Gasteiger partial charge in [0.25, 0.3) is 5.91 Å². The molecular formula is C15H14N6OS. The Hall–Kier alpha value is -2.61. The van der Waals surface area contributed by atoms with Gasteiger partial charge in [0.05, 0.1) is 12.7 Å². The summed E-state index contributed by atoms with van der Waals surface area (Å²) in [4.78, 5) is 12.2. The molecule has 1 fully saturated rings. The van der Waals surface area contributed by atoms with E-state index in [1.54, 1.807) is 10.9 Å². The Morgan fingerprint density at radius 2 is 2.04 bits per heavy atom. The molecule has 116 valence electrons. The number of hydrogen-bond donors (Lipinski definition) is 1. The minimum atomic E-state index is -0.317. The maximum Gasteiger partial charge on any atom is 0.279 e. The highest BCUT2D eigenvalue weighted by molar-refractivity contribution is 7.15. The molecule has 0 spiro atoms. The lowest BCUT2D eigenvalue weighted by Crippen LogP contribution is -2.12. The molecule has 4 rings (SSSR count). The molecule has 1 N–H and O–H groups in total. The van der Waals surface area contributed by atoms with Gasteiger partial charge in [-0.2, -0.15) is 0 Å². The standard InChI is InChI=1S/C15H14N6OS/c22-13(16-15-19-18-14(23-15)11-6-7-11)12-9-21(20-17-12)8-10-4-2-1-3-5-10/h1-5,9,11H,6-8H2,(H,16,19,22). The molecule has 1 aliphatic rings. The summed E-state index contributed by atoms with van der Waals surface area (Å²) < 4.78 is 1.64. The zero-order chi connectivity index (χ0) is 15.6. The summed E-state index contributed by atoms with van der Waals surface area (Å²) in [5, 5.41) is 20.2. The molecule has 3 aromatic rings. The first-order chi connectivity index (χ1) is 11.3. The summed E-state index contributed by atoms with van der Waals surface area (Å²) in [6, 6.07) is 9.89. The van der Waals surface area contributed by atoms with Crippen LogP contribution in [0.3, 0.4) is 0 Å². The number of aromatic nitrogens is 5. The topological polar surface area (TPSA) is 85.6 Å². The van der Waals surface area contributed by atoms with E-state index in [4.69, 9.17) is 0 Å². The van der Waals surface area contributed by atoms with Crippen LogP contribution in [0.4, 0.5) is 5.13 Å². The number of amides is 1. The van der Waals surface area contributed by atoms with Crippen LogP contribution in [-0.2, 0) is 6.54 Å². The van der Waals surface area contributed by atoms with E-state index in [0.29, 0.717) is 17.6 Å². The fourth-order valence-electron chi connectivity index (χ4n) is 2.19. The van der Waals surface area contributed by atoms with Crippen molar-refractivity contribution in [1.29, 1.82) is 0 Å². The third kappa shape index (κ3) is 3.26. The van der Waals surface area contributed by atoms with Gasteiger partial charge in [-0.15, -0.1) is 15.3 Å². The van der Waals surface area contributed by atoms with E-state index in [-0.39, 0.29) is 11.6 Å². The smallest absolute Gasteiger partial charge is 0.279 e. The van der Waals surface area contributed by atoms with Crippen LogP contribution in [0.15, 0.2) is 36.5 Å². The Morgan fingerprint density at radius 1 is 1.22 bits per heavy atom. The number of nitrogens with zero attached hydrogens (tertiary/aromatic N) is 5. The molecule has 2 aromatic heterocycles. The van der Waals surface area contributed by atoms with E-state index in [1.165, 1.54) is 11.3 Å². The third-order valence-electron chi connectivity index (χ3n) is 3.55. The van der Waals surface area contributed by atoms with Gasteiger partial charge in [-0.3, -0.25) is 10.1 Å². The summed E-state index contributed by atoms with van der Waals surface area (Å²) in [6.45, 7) is 0.575. The van der Waals surface area contributed by atoms with Crippen molar-refractivity contribution in [3.8, 4) is 0 Å². The monoisotopic (exact) mass is 326 g/mol. The molecule has 2 heterocycles. The maximum atomic E-state index is 12.2. The van der Waals surface area contributed by atoms with Crippen molar-refractivity contribution in [1.82, 2.24) is 25.2 Å². The van der Waals surface area contributed by atoms with E-state index in [0.717, 1.165) is 23.4 Å². The zero-order valence-electron chi connectivity index (χ0n) is 12.2. The molecule has 0 bridgehead atoms. The van der Waals surface area contributed by atoms with Gasteiger partial charge in [0.15, 0.2) is 5.69 Å². The van der Waals surface area contributed by atoms with Crippen LogP contribution in [0.2, 0.25) is 0 Å². The number of carbonyl (C=O) groups excluding carboxylic acids is 1. The van der Waals surface area contributed by atoms with Crippen molar-refractivity contribution in [2.45, 2.75) is 25.3 Å². The Morgan fingerprint density at radius 3 is 2.83 bits per heavy atom. The first-order valence-corrected chi connectivity index (χ1v) is 8.18. The minimum absolute atomic E-state index is 0.268. The van der Waals surface area contributed by atoms with Gasteiger partial charge in [-0.05, 0) is 18.4 Å². The van der Waals surface area contributed by atoms with Crippen LogP contribution in [0, 0.1) is 0 Å². The fourth-order valence-corrected chi connectivity index (χ4v) is 3.10. The molecule has 1 amide bonds. The van der Waals surface area contributed by atoms with E-state index in [1.807, 2.05) is 30.3 Å². The predicted octanol–water partition coefficient (Wildman–Crippen LogP) is 2.31. The lowest BCUT2D eigenvalue weighted by molar-refractivity contribution is 0.102. The molecule has 0 atom stereocenters. The lowest BCUT2D eigenvalue weighted by Gasteiger charge is -1.99.